The fraction of sp³-hybridized carbons (Fsp3) is 0.167. The molecule has 0 aromatic heterocycles. The van der Waals surface area contributed by atoms with Crippen molar-refractivity contribution in [3.8, 4) is 11.5 Å². The summed E-state index contributed by atoms with van der Waals surface area (Å²) in [6, 6.07) is 11.8. The van der Waals surface area contributed by atoms with Crippen molar-refractivity contribution in [1.82, 2.24) is 10.7 Å². The zero-order valence-electron chi connectivity index (χ0n) is 13.7. The monoisotopic (exact) mass is 373 g/mol. The molecular weight excluding hydrogens is 358 g/mol. The molecule has 0 saturated heterocycles. The van der Waals surface area contributed by atoms with Gasteiger partial charge in [-0.2, -0.15) is 5.10 Å². The Balaban J connectivity index is 1.48. The fourth-order valence-electron chi connectivity index (χ4n) is 2.25. The summed E-state index contributed by atoms with van der Waals surface area (Å²) in [7, 11) is 0. The number of benzene rings is 2. The van der Waals surface area contributed by atoms with E-state index in [2.05, 4.69) is 15.8 Å². The molecule has 0 radical (unpaired) electrons. The van der Waals surface area contributed by atoms with Crippen LogP contribution in [0.3, 0.4) is 0 Å². The predicted octanol–water partition coefficient (Wildman–Crippen LogP) is 1.99. The van der Waals surface area contributed by atoms with E-state index in [9.17, 15) is 9.59 Å². The Hall–Kier alpha value is -3.06. The number of fused-ring (bicyclic) bond motifs is 1. The first-order chi connectivity index (χ1) is 12.6. The van der Waals surface area contributed by atoms with Gasteiger partial charge in [-0.25, -0.2) is 5.43 Å². The van der Waals surface area contributed by atoms with E-state index in [1.807, 2.05) is 0 Å². The van der Waals surface area contributed by atoms with Crippen molar-refractivity contribution in [2.75, 3.05) is 19.8 Å². The Labute approximate surface area is 154 Å². The lowest BCUT2D eigenvalue weighted by Gasteiger charge is -2.18. The summed E-state index contributed by atoms with van der Waals surface area (Å²) in [5, 5.41) is 6.81. The van der Waals surface area contributed by atoms with Gasteiger partial charge >= 0.3 is 0 Å². The van der Waals surface area contributed by atoms with Gasteiger partial charge in [0.2, 0.25) is 0 Å². The Morgan fingerprint density at radius 1 is 1.12 bits per heavy atom. The quantitative estimate of drug-likeness (QED) is 0.619. The number of halogens is 1. The van der Waals surface area contributed by atoms with Crippen molar-refractivity contribution in [3.05, 3.63) is 58.6 Å². The molecule has 1 heterocycles. The second kappa shape index (κ2) is 8.35. The Morgan fingerprint density at radius 2 is 1.92 bits per heavy atom. The molecule has 2 aromatic rings. The van der Waals surface area contributed by atoms with E-state index in [0.717, 1.165) is 5.56 Å². The molecule has 134 valence electrons. The lowest BCUT2D eigenvalue weighted by molar-refractivity contribution is -0.120. The third-order valence-corrected chi connectivity index (χ3v) is 3.70. The van der Waals surface area contributed by atoms with Gasteiger partial charge in [0.05, 0.1) is 12.8 Å². The minimum atomic E-state index is -0.450. The number of nitrogens with zero attached hydrogens (tertiary/aromatic N) is 1. The van der Waals surface area contributed by atoms with E-state index in [0.29, 0.717) is 35.3 Å². The Kier molecular flexibility index (Phi) is 5.70. The standard InChI is InChI=1S/C18H16ClN3O4/c19-14-3-1-2-13(9-14)18(24)20-11-17(23)22-21-10-12-4-5-15-16(8-12)26-7-6-25-15/h1-5,8-10H,6-7,11H2,(H,20,24)(H,22,23)/b21-10+. The zero-order valence-corrected chi connectivity index (χ0v) is 14.5. The maximum absolute atomic E-state index is 11.9. The number of rotatable bonds is 5. The fourth-order valence-corrected chi connectivity index (χ4v) is 2.44. The molecule has 1 aliphatic rings. The van der Waals surface area contributed by atoms with Gasteiger partial charge in [0.25, 0.3) is 11.8 Å². The molecular formula is C18H16ClN3O4. The second-order valence-electron chi connectivity index (χ2n) is 5.39. The minimum absolute atomic E-state index is 0.205. The van der Waals surface area contributed by atoms with Crippen LogP contribution in [0.15, 0.2) is 47.6 Å². The number of nitrogens with one attached hydrogen (secondary N) is 2. The SMILES string of the molecule is O=C(CNC(=O)c1cccc(Cl)c1)N/N=C/c1ccc2c(c1)OCCO2. The molecule has 0 bridgehead atoms. The molecule has 0 atom stereocenters. The molecule has 0 aliphatic carbocycles. The summed E-state index contributed by atoms with van der Waals surface area (Å²) >= 11 is 5.83. The largest absolute Gasteiger partial charge is 0.486 e. The summed E-state index contributed by atoms with van der Waals surface area (Å²) in [6.07, 6.45) is 1.48. The molecule has 1 aliphatic heterocycles. The van der Waals surface area contributed by atoms with Crippen molar-refractivity contribution >= 4 is 29.6 Å². The van der Waals surface area contributed by atoms with Crippen LogP contribution in [-0.4, -0.2) is 37.8 Å². The number of hydrogen-bond donors (Lipinski definition) is 2. The maximum Gasteiger partial charge on any atom is 0.259 e. The van der Waals surface area contributed by atoms with Crippen LogP contribution in [0.1, 0.15) is 15.9 Å². The van der Waals surface area contributed by atoms with E-state index >= 15 is 0 Å². The van der Waals surface area contributed by atoms with Crippen LogP contribution in [0, 0.1) is 0 Å². The van der Waals surface area contributed by atoms with Crippen molar-refractivity contribution < 1.29 is 19.1 Å². The lowest BCUT2D eigenvalue weighted by Crippen LogP contribution is -2.34. The van der Waals surface area contributed by atoms with Crippen molar-refractivity contribution in [2.45, 2.75) is 0 Å². The zero-order chi connectivity index (χ0) is 18.4. The first kappa shape index (κ1) is 17.8. The van der Waals surface area contributed by atoms with Gasteiger partial charge in [-0.1, -0.05) is 17.7 Å². The Bertz CT molecular complexity index is 854. The Morgan fingerprint density at radius 3 is 2.73 bits per heavy atom. The van der Waals surface area contributed by atoms with Crippen LogP contribution < -0.4 is 20.2 Å². The van der Waals surface area contributed by atoms with Crippen molar-refractivity contribution in [2.24, 2.45) is 5.10 Å². The topological polar surface area (TPSA) is 89.0 Å². The molecule has 2 aromatic carbocycles. The molecule has 0 fully saturated rings. The van der Waals surface area contributed by atoms with Crippen molar-refractivity contribution in [1.29, 1.82) is 0 Å². The van der Waals surface area contributed by atoms with Gasteiger partial charge in [0.15, 0.2) is 11.5 Å². The van der Waals surface area contributed by atoms with E-state index in [-0.39, 0.29) is 6.54 Å². The van der Waals surface area contributed by atoms with E-state index < -0.39 is 11.8 Å². The average molecular weight is 374 g/mol. The highest BCUT2D eigenvalue weighted by atomic mass is 35.5. The van der Waals surface area contributed by atoms with Gasteiger partial charge in [0.1, 0.15) is 13.2 Å². The summed E-state index contributed by atoms with van der Waals surface area (Å²) in [5.41, 5.74) is 3.47. The van der Waals surface area contributed by atoms with Crippen LogP contribution in [-0.2, 0) is 4.79 Å². The first-order valence-electron chi connectivity index (χ1n) is 7.87. The molecule has 8 heteroatoms. The van der Waals surface area contributed by atoms with Crippen LogP contribution in [0.4, 0.5) is 0 Å². The van der Waals surface area contributed by atoms with Gasteiger partial charge in [0, 0.05) is 10.6 Å². The summed E-state index contributed by atoms with van der Waals surface area (Å²) < 4.78 is 10.9. The number of ether oxygens (including phenoxy) is 2. The van der Waals surface area contributed by atoms with Gasteiger partial charge in [-0.15, -0.1) is 0 Å². The van der Waals surface area contributed by atoms with Gasteiger partial charge in [-0.3, -0.25) is 9.59 Å². The van der Waals surface area contributed by atoms with Crippen LogP contribution in [0.25, 0.3) is 0 Å². The van der Waals surface area contributed by atoms with E-state index in [1.54, 1.807) is 36.4 Å². The molecule has 3 rings (SSSR count). The third-order valence-electron chi connectivity index (χ3n) is 3.47. The molecule has 2 amide bonds. The summed E-state index contributed by atoms with van der Waals surface area (Å²) in [5.74, 6) is 0.481. The predicted molar refractivity (Wildman–Crippen MR) is 97.0 cm³/mol. The highest BCUT2D eigenvalue weighted by Crippen LogP contribution is 2.30. The van der Waals surface area contributed by atoms with Crippen LogP contribution in [0.5, 0.6) is 11.5 Å². The highest BCUT2D eigenvalue weighted by Gasteiger charge is 2.11. The number of amides is 2. The lowest BCUT2D eigenvalue weighted by atomic mass is 10.2. The van der Waals surface area contributed by atoms with Crippen LogP contribution >= 0.6 is 11.6 Å². The summed E-state index contributed by atoms with van der Waals surface area (Å²) in [6.45, 7) is 0.817. The smallest absolute Gasteiger partial charge is 0.259 e. The maximum atomic E-state index is 11.9. The molecule has 0 unspecified atom stereocenters. The molecule has 2 N–H and O–H groups in total. The molecule has 0 saturated carbocycles. The highest BCUT2D eigenvalue weighted by molar-refractivity contribution is 6.30. The third kappa shape index (κ3) is 4.73. The van der Waals surface area contributed by atoms with Crippen molar-refractivity contribution in [3.63, 3.8) is 0 Å². The second-order valence-corrected chi connectivity index (χ2v) is 5.83. The number of hydrazone groups is 1. The van der Waals surface area contributed by atoms with Crippen LogP contribution in [0.2, 0.25) is 5.02 Å². The normalized spacial score (nSPS) is 12.7. The van der Waals surface area contributed by atoms with Gasteiger partial charge < -0.3 is 14.8 Å². The molecule has 26 heavy (non-hydrogen) atoms. The first-order valence-corrected chi connectivity index (χ1v) is 8.25. The van der Waals surface area contributed by atoms with E-state index in [1.165, 1.54) is 12.3 Å². The number of hydrogen-bond acceptors (Lipinski definition) is 5. The molecule has 7 nitrogen and oxygen atoms in total. The summed E-state index contributed by atoms with van der Waals surface area (Å²) in [4.78, 5) is 23.7. The average Bonchev–Trinajstić information content (AvgIpc) is 2.66. The van der Waals surface area contributed by atoms with E-state index in [4.69, 9.17) is 21.1 Å². The minimum Gasteiger partial charge on any atom is -0.486 e. The van der Waals surface area contributed by atoms with Gasteiger partial charge in [-0.05, 0) is 42.0 Å². The molecule has 0 spiro atoms. The number of carbonyl (C=O) groups excluding carboxylic acids is 2. The number of carbonyl (C=O) groups is 2.